The molecule has 2 amide bonds. The normalized spacial score (nSPS) is 11.7. The van der Waals surface area contributed by atoms with Crippen molar-refractivity contribution >= 4 is 39.9 Å². The molecule has 1 atom stereocenters. The van der Waals surface area contributed by atoms with Gasteiger partial charge in [0.05, 0.1) is 0 Å². The Labute approximate surface area is 216 Å². The molecule has 0 saturated carbocycles. The highest BCUT2D eigenvalue weighted by Crippen LogP contribution is 2.27. The minimum atomic E-state index is -0.697. The molecule has 1 unspecified atom stereocenters. The van der Waals surface area contributed by atoms with Crippen molar-refractivity contribution in [2.45, 2.75) is 70.8 Å². The van der Waals surface area contributed by atoms with E-state index in [1.54, 1.807) is 12.1 Å². The van der Waals surface area contributed by atoms with Crippen molar-refractivity contribution in [3.05, 3.63) is 65.2 Å². The number of unbranched alkanes of at least 4 members (excludes halogenated alkanes) is 6. The maximum absolute atomic E-state index is 13.1. The zero-order valence-electron chi connectivity index (χ0n) is 20.1. The monoisotopic (exact) mass is 512 g/mol. The topological polar surface area (TPSA) is 84.0 Å². The lowest BCUT2D eigenvalue weighted by Crippen LogP contribution is -2.45. The molecule has 0 saturated heterocycles. The van der Waals surface area contributed by atoms with Gasteiger partial charge in [-0.15, -0.1) is 10.2 Å². The van der Waals surface area contributed by atoms with E-state index in [0.29, 0.717) is 28.0 Å². The van der Waals surface area contributed by atoms with Gasteiger partial charge in [0.25, 0.3) is 0 Å². The molecule has 3 aromatic rings. The molecule has 0 radical (unpaired) electrons. The standard InChI is InChI=1S/C27H33ClN4O2S/c1-2-3-4-5-6-7-11-14-24(33)29-23(19-20-12-9-8-10-13-20)25(34)30-27-32-31-26(35-27)21-15-17-22(28)18-16-21/h8-10,12-13,15-18,23H,2-7,11,14,19H2,1H3,(H,29,33)(H,30,32,34). The summed E-state index contributed by atoms with van der Waals surface area (Å²) in [5, 5.41) is 15.8. The molecule has 1 aromatic heterocycles. The molecule has 35 heavy (non-hydrogen) atoms. The Balaban J connectivity index is 1.57. The minimum absolute atomic E-state index is 0.103. The van der Waals surface area contributed by atoms with Crippen LogP contribution in [-0.2, 0) is 16.0 Å². The number of carbonyl (C=O) groups excluding carboxylic acids is 2. The van der Waals surface area contributed by atoms with Crippen molar-refractivity contribution in [1.82, 2.24) is 15.5 Å². The Hall–Kier alpha value is -2.77. The van der Waals surface area contributed by atoms with Gasteiger partial charge in [-0.2, -0.15) is 0 Å². The van der Waals surface area contributed by atoms with E-state index in [4.69, 9.17) is 11.6 Å². The van der Waals surface area contributed by atoms with Crippen molar-refractivity contribution in [2.24, 2.45) is 0 Å². The first kappa shape index (κ1) is 26.8. The second-order valence-corrected chi connectivity index (χ2v) is 10.0. The van der Waals surface area contributed by atoms with E-state index in [1.165, 1.54) is 37.0 Å². The summed E-state index contributed by atoms with van der Waals surface area (Å²) in [5.74, 6) is -0.408. The first-order valence-corrected chi connectivity index (χ1v) is 13.5. The Kier molecular flexibility index (Phi) is 11.2. The van der Waals surface area contributed by atoms with E-state index in [-0.39, 0.29) is 11.8 Å². The van der Waals surface area contributed by atoms with Crippen LogP contribution in [0.2, 0.25) is 5.02 Å². The maximum atomic E-state index is 13.1. The van der Waals surface area contributed by atoms with Gasteiger partial charge >= 0.3 is 0 Å². The summed E-state index contributed by atoms with van der Waals surface area (Å²) >= 11 is 7.24. The molecule has 1 heterocycles. The van der Waals surface area contributed by atoms with Crippen LogP contribution in [0.1, 0.15) is 63.9 Å². The number of rotatable bonds is 14. The first-order valence-electron chi connectivity index (χ1n) is 12.3. The smallest absolute Gasteiger partial charge is 0.249 e. The third kappa shape index (κ3) is 9.42. The molecule has 2 N–H and O–H groups in total. The number of hydrogen-bond donors (Lipinski definition) is 2. The molecular weight excluding hydrogens is 480 g/mol. The molecule has 3 rings (SSSR count). The van der Waals surface area contributed by atoms with Gasteiger partial charge in [-0.25, -0.2) is 0 Å². The highest BCUT2D eigenvalue weighted by atomic mass is 35.5. The van der Waals surface area contributed by atoms with Crippen LogP contribution in [0.3, 0.4) is 0 Å². The maximum Gasteiger partial charge on any atom is 0.249 e. The van der Waals surface area contributed by atoms with E-state index in [1.807, 2.05) is 42.5 Å². The summed E-state index contributed by atoms with van der Waals surface area (Å²) < 4.78 is 0. The van der Waals surface area contributed by atoms with E-state index in [2.05, 4.69) is 27.8 Å². The third-order valence-corrected chi connectivity index (χ3v) is 6.83. The number of nitrogens with zero attached hydrogens (tertiary/aromatic N) is 2. The van der Waals surface area contributed by atoms with E-state index in [0.717, 1.165) is 30.4 Å². The van der Waals surface area contributed by atoms with Crippen molar-refractivity contribution in [1.29, 1.82) is 0 Å². The summed E-state index contributed by atoms with van der Waals surface area (Å²) in [7, 11) is 0. The summed E-state index contributed by atoms with van der Waals surface area (Å²) in [6.07, 6.45) is 8.81. The molecule has 8 heteroatoms. The predicted octanol–water partition coefficient (Wildman–Crippen LogP) is 6.67. The number of anilines is 1. The Morgan fingerprint density at radius 2 is 1.60 bits per heavy atom. The van der Waals surface area contributed by atoms with E-state index in [9.17, 15) is 9.59 Å². The molecule has 0 spiro atoms. The fraction of sp³-hybridized carbons (Fsp3) is 0.407. The molecule has 0 bridgehead atoms. The van der Waals surface area contributed by atoms with E-state index < -0.39 is 6.04 Å². The van der Waals surface area contributed by atoms with Crippen molar-refractivity contribution in [2.75, 3.05) is 5.32 Å². The highest BCUT2D eigenvalue weighted by Gasteiger charge is 2.22. The number of nitrogens with one attached hydrogen (secondary N) is 2. The van der Waals surface area contributed by atoms with Gasteiger partial charge in [0.15, 0.2) is 0 Å². The summed E-state index contributed by atoms with van der Waals surface area (Å²) in [5.41, 5.74) is 1.85. The predicted molar refractivity (Wildman–Crippen MR) is 144 cm³/mol. The van der Waals surface area contributed by atoms with Gasteiger partial charge in [-0.05, 0) is 24.1 Å². The van der Waals surface area contributed by atoms with Gasteiger partial charge in [-0.3, -0.25) is 14.9 Å². The van der Waals surface area contributed by atoms with Crippen LogP contribution in [0.4, 0.5) is 5.13 Å². The second kappa shape index (κ2) is 14.6. The van der Waals surface area contributed by atoms with Gasteiger partial charge in [0.1, 0.15) is 11.0 Å². The fourth-order valence-electron chi connectivity index (χ4n) is 3.74. The van der Waals surface area contributed by atoms with Gasteiger partial charge < -0.3 is 5.32 Å². The zero-order chi connectivity index (χ0) is 24.9. The molecule has 0 fully saturated rings. The number of amides is 2. The average Bonchev–Trinajstić information content (AvgIpc) is 3.32. The SMILES string of the molecule is CCCCCCCCCC(=O)NC(Cc1ccccc1)C(=O)Nc1nnc(-c2ccc(Cl)cc2)s1. The second-order valence-electron chi connectivity index (χ2n) is 8.59. The van der Waals surface area contributed by atoms with Crippen LogP contribution in [0.15, 0.2) is 54.6 Å². The number of carbonyl (C=O) groups is 2. The fourth-order valence-corrected chi connectivity index (χ4v) is 4.62. The minimum Gasteiger partial charge on any atom is -0.344 e. The Bertz CT molecular complexity index is 1060. The van der Waals surface area contributed by atoms with Crippen LogP contribution < -0.4 is 10.6 Å². The van der Waals surface area contributed by atoms with Crippen molar-refractivity contribution in [3.63, 3.8) is 0 Å². The molecule has 0 aliphatic carbocycles. The average molecular weight is 513 g/mol. The summed E-state index contributed by atoms with van der Waals surface area (Å²) in [6, 6.07) is 16.3. The van der Waals surface area contributed by atoms with Crippen LogP contribution in [0.25, 0.3) is 10.6 Å². The van der Waals surface area contributed by atoms with Crippen molar-refractivity contribution < 1.29 is 9.59 Å². The quantitative estimate of drug-likeness (QED) is 0.236. The van der Waals surface area contributed by atoms with Crippen LogP contribution >= 0.6 is 22.9 Å². The lowest BCUT2D eigenvalue weighted by atomic mass is 10.0. The first-order chi connectivity index (χ1) is 17.0. The molecule has 186 valence electrons. The lowest BCUT2D eigenvalue weighted by molar-refractivity contribution is -0.126. The van der Waals surface area contributed by atoms with Gasteiger partial charge in [-0.1, -0.05) is 111 Å². The van der Waals surface area contributed by atoms with Gasteiger partial charge in [0.2, 0.25) is 16.9 Å². The molecule has 0 aliphatic rings. The molecule has 2 aromatic carbocycles. The van der Waals surface area contributed by atoms with Crippen molar-refractivity contribution in [3.8, 4) is 10.6 Å². The van der Waals surface area contributed by atoms with Crippen LogP contribution in [-0.4, -0.2) is 28.1 Å². The largest absolute Gasteiger partial charge is 0.344 e. The number of aromatic nitrogens is 2. The number of halogens is 1. The Morgan fingerprint density at radius 1 is 0.914 bits per heavy atom. The molecular formula is C27H33ClN4O2S. The van der Waals surface area contributed by atoms with E-state index >= 15 is 0 Å². The third-order valence-electron chi connectivity index (χ3n) is 5.69. The molecule has 0 aliphatic heterocycles. The number of benzene rings is 2. The number of hydrogen-bond acceptors (Lipinski definition) is 5. The Morgan fingerprint density at radius 3 is 2.31 bits per heavy atom. The summed E-state index contributed by atoms with van der Waals surface area (Å²) in [4.78, 5) is 25.7. The zero-order valence-corrected chi connectivity index (χ0v) is 21.7. The van der Waals surface area contributed by atoms with Crippen LogP contribution in [0, 0.1) is 0 Å². The summed E-state index contributed by atoms with van der Waals surface area (Å²) in [6.45, 7) is 2.20. The van der Waals surface area contributed by atoms with Crippen LogP contribution in [0.5, 0.6) is 0 Å². The lowest BCUT2D eigenvalue weighted by Gasteiger charge is -2.18. The molecule has 6 nitrogen and oxygen atoms in total. The van der Waals surface area contributed by atoms with Gasteiger partial charge in [0, 0.05) is 23.4 Å². The highest BCUT2D eigenvalue weighted by molar-refractivity contribution is 7.18.